The highest BCUT2D eigenvalue weighted by Gasteiger charge is 2.29. The highest BCUT2D eigenvalue weighted by atomic mass is 35.5. The summed E-state index contributed by atoms with van der Waals surface area (Å²) < 4.78 is 10.1. The third-order valence-electron chi connectivity index (χ3n) is 3.46. The second-order valence-corrected chi connectivity index (χ2v) is 7.07. The van der Waals surface area contributed by atoms with Gasteiger partial charge in [0.05, 0.1) is 0 Å². The highest BCUT2D eigenvalue weighted by molar-refractivity contribution is 6.31. The van der Waals surface area contributed by atoms with Crippen LogP contribution in [0.4, 0.5) is 0 Å². The zero-order valence-electron chi connectivity index (χ0n) is 18.3. The molecule has 16 heteroatoms. The van der Waals surface area contributed by atoms with Crippen LogP contribution in [0.25, 0.3) is 0 Å². The van der Waals surface area contributed by atoms with Gasteiger partial charge in [-0.15, -0.1) is 0 Å². The summed E-state index contributed by atoms with van der Waals surface area (Å²) in [6.07, 6.45) is -4.53. The number of benzene rings is 2. The SMILES string of the molecule is NNC(=O)COc1cccc(Cl)c1.NNC(=O)COc1cccc(Cl)c1.O=C(O)C(O)C(O)C(=O)O. The molecule has 0 bridgehead atoms. The van der Waals surface area contributed by atoms with Crippen molar-refractivity contribution in [2.24, 2.45) is 11.7 Å². The first-order chi connectivity index (χ1) is 16.9. The van der Waals surface area contributed by atoms with Crippen molar-refractivity contribution in [2.45, 2.75) is 12.2 Å². The number of carboxylic acids is 2. The van der Waals surface area contributed by atoms with E-state index in [9.17, 15) is 19.2 Å². The van der Waals surface area contributed by atoms with Crippen molar-refractivity contribution in [1.29, 1.82) is 0 Å². The number of carbonyl (C=O) groups is 4. The Morgan fingerprint density at radius 1 is 0.750 bits per heavy atom. The summed E-state index contributed by atoms with van der Waals surface area (Å²) in [4.78, 5) is 40.9. The van der Waals surface area contributed by atoms with Gasteiger partial charge in [0.2, 0.25) is 0 Å². The van der Waals surface area contributed by atoms with Crippen molar-refractivity contribution in [3.8, 4) is 11.5 Å². The third kappa shape index (κ3) is 14.6. The monoisotopic (exact) mass is 550 g/mol. The summed E-state index contributed by atoms with van der Waals surface area (Å²) in [6.45, 7) is -0.228. The Hall–Kier alpha value is -3.66. The van der Waals surface area contributed by atoms with Crippen LogP contribution in [0.5, 0.6) is 11.5 Å². The Labute approximate surface area is 214 Å². The van der Waals surface area contributed by atoms with Gasteiger partial charge in [-0.25, -0.2) is 21.3 Å². The maximum Gasteiger partial charge on any atom is 0.335 e. The number of aliphatic hydroxyl groups is 2. The van der Waals surface area contributed by atoms with Crippen LogP contribution in [0.3, 0.4) is 0 Å². The summed E-state index contributed by atoms with van der Waals surface area (Å²) >= 11 is 11.4. The molecule has 2 atom stereocenters. The van der Waals surface area contributed by atoms with E-state index < -0.39 is 24.1 Å². The van der Waals surface area contributed by atoms with Crippen molar-refractivity contribution >= 4 is 47.0 Å². The number of nitrogens with two attached hydrogens (primary N) is 2. The van der Waals surface area contributed by atoms with E-state index in [-0.39, 0.29) is 25.0 Å². The largest absolute Gasteiger partial charge is 0.484 e. The predicted octanol–water partition coefficient (Wildman–Crippen LogP) is -0.705. The van der Waals surface area contributed by atoms with Crippen LogP contribution < -0.4 is 32.0 Å². The molecular weight excluding hydrogens is 527 g/mol. The molecule has 0 radical (unpaired) electrons. The number of aliphatic hydroxyl groups excluding tert-OH is 2. The fourth-order valence-electron chi connectivity index (χ4n) is 1.76. The maximum atomic E-state index is 10.7. The smallest absolute Gasteiger partial charge is 0.335 e. The molecular formula is C20H24Cl2N4O10. The molecule has 0 saturated carbocycles. The van der Waals surface area contributed by atoms with Gasteiger partial charge in [0.1, 0.15) is 11.5 Å². The summed E-state index contributed by atoms with van der Waals surface area (Å²) in [5.74, 6) is 6.48. The molecule has 0 aliphatic heterocycles. The second kappa shape index (κ2) is 17.7. The number of rotatable bonds is 9. The van der Waals surface area contributed by atoms with Crippen molar-refractivity contribution in [3.05, 3.63) is 58.6 Å². The molecule has 10 N–H and O–H groups in total. The number of hydrazine groups is 2. The number of nitrogens with one attached hydrogen (secondary N) is 2. The Morgan fingerprint density at radius 2 is 1.08 bits per heavy atom. The van der Waals surface area contributed by atoms with E-state index in [0.29, 0.717) is 21.5 Å². The van der Waals surface area contributed by atoms with E-state index in [1.54, 1.807) is 48.5 Å². The minimum Gasteiger partial charge on any atom is -0.484 e. The van der Waals surface area contributed by atoms with Crippen LogP contribution in [-0.2, 0) is 19.2 Å². The maximum absolute atomic E-state index is 10.7. The van der Waals surface area contributed by atoms with Crippen LogP contribution in [-0.4, -0.2) is 69.6 Å². The lowest BCUT2D eigenvalue weighted by Crippen LogP contribution is -2.39. The molecule has 0 saturated heterocycles. The quantitative estimate of drug-likeness (QED) is 0.110. The van der Waals surface area contributed by atoms with Gasteiger partial charge in [-0.2, -0.15) is 0 Å². The van der Waals surface area contributed by atoms with Gasteiger partial charge in [-0.3, -0.25) is 20.4 Å². The van der Waals surface area contributed by atoms with Gasteiger partial charge in [-0.05, 0) is 36.4 Å². The van der Waals surface area contributed by atoms with E-state index in [4.69, 9.17) is 64.8 Å². The molecule has 0 heterocycles. The van der Waals surface area contributed by atoms with Gasteiger partial charge in [0, 0.05) is 10.0 Å². The van der Waals surface area contributed by atoms with Crippen LogP contribution in [0, 0.1) is 0 Å². The van der Waals surface area contributed by atoms with Crippen molar-refractivity contribution in [3.63, 3.8) is 0 Å². The number of aliphatic carboxylic acids is 2. The van der Waals surface area contributed by atoms with E-state index in [2.05, 4.69) is 0 Å². The molecule has 198 valence electrons. The summed E-state index contributed by atoms with van der Waals surface area (Å²) in [5, 5.41) is 33.6. The molecule has 14 nitrogen and oxygen atoms in total. The normalized spacial score (nSPS) is 11.2. The van der Waals surface area contributed by atoms with Crippen molar-refractivity contribution < 1.29 is 49.1 Å². The molecule has 2 rings (SSSR count). The lowest BCUT2D eigenvalue weighted by Gasteiger charge is -2.07. The van der Waals surface area contributed by atoms with Crippen LogP contribution >= 0.6 is 23.2 Å². The van der Waals surface area contributed by atoms with Crippen LogP contribution in [0.1, 0.15) is 0 Å². The number of halogens is 2. The number of carbonyl (C=O) groups excluding carboxylic acids is 2. The number of hydrogen-bond donors (Lipinski definition) is 8. The van der Waals surface area contributed by atoms with Crippen molar-refractivity contribution in [2.75, 3.05) is 13.2 Å². The minimum atomic E-state index is -2.27. The number of amides is 2. The number of carboxylic acid groups (broad SMARTS) is 2. The molecule has 2 amide bonds. The molecule has 0 spiro atoms. The Balaban J connectivity index is 0.000000517. The summed E-state index contributed by atoms with van der Waals surface area (Å²) in [7, 11) is 0. The van der Waals surface area contributed by atoms with Gasteiger partial charge in [0.15, 0.2) is 25.4 Å². The molecule has 2 aromatic rings. The lowest BCUT2D eigenvalue weighted by atomic mass is 10.2. The standard InChI is InChI=1S/2C8H9ClN2O2.C4H6O6/c2*9-6-2-1-3-7(4-6)13-5-8(12)11-10;5-1(3(7)8)2(6)4(9)10/h2*1-4H,5,10H2,(H,11,12);1-2,5-6H,(H,7,8)(H,9,10). The zero-order valence-corrected chi connectivity index (χ0v) is 19.8. The molecule has 2 unspecified atom stereocenters. The predicted molar refractivity (Wildman–Crippen MR) is 126 cm³/mol. The molecule has 36 heavy (non-hydrogen) atoms. The van der Waals surface area contributed by atoms with Gasteiger partial charge < -0.3 is 29.9 Å². The van der Waals surface area contributed by atoms with E-state index in [0.717, 1.165) is 0 Å². The van der Waals surface area contributed by atoms with Gasteiger partial charge >= 0.3 is 11.9 Å². The van der Waals surface area contributed by atoms with E-state index >= 15 is 0 Å². The average molecular weight is 551 g/mol. The molecule has 2 aromatic carbocycles. The van der Waals surface area contributed by atoms with Crippen LogP contribution in [0.15, 0.2) is 48.5 Å². The first-order valence-corrected chi connectivity index (χ1v) is 10.2. The van der Waals surface area contributed by atoms with E-state index in [1.165, 1.54) is 0 Å². The minimum absolute atomic E-state index is 0.114. The fraction of sp³-hybridized carbons (Fsp3) is 0.200. The Kier molecular flexibility index (Phi) is 15.9. The molecule has 0 aliphatic carbocycles. The zero-order chi connectivity index (χ0) is 27.7. The first-order valence-electron chi connectivity index (χ1n) is 9.48. The summed E-state index contributed by atoms with van der Waals surface area (Å²) in [5.41, 5.74) is 3.91. The highest BCUT2D eigenvalue weighted by Crippen LogP contribution is 2.17. The first kappa shape index (κ1) is 32.3. The lowest BCUT2D eigenvalue weighted by molar-refractivity contribution is -0.165. The number of ether oxygens (including phenoxy) is 2. The van der Waals surface area contributed by atoms with Crippen molar-refractivity contribution in [1.82, 2.24) is 10.9 Å². The van der Waals surface area contributed by atoms with Gasteiger partial charge in [0.25, 0.3) is 11.8 Å². The second-order valence-electron chi connectivity index (χ2n) is 6.19. The molecule has 0 aromatic heterocycles. The average Bonchev–Trinajstić information content (AvgIpc) is 2.85. The molecule has 0 fully saturated rings. The van der Waals surface area contributed by atoms with Gasteiger partial charge in [-0.1, -0.05) is 35.3 Å². The third-order valence-corrected chi connectivity index (χ3v) is 3.93. The van der Waals surface area contributed by atoms with E-state index in [1.807, 2.05) is 10.9 Å². The Bertz CT molecular complexity index is 932. The number of hydrogen-bond acceptors (Lipinski definition) is 10. The van der Waals surface area contributed by atoms with Crippen LogP contribution in [0.2, 0.25) is 10.0 Å². The fourth-order valence-corrected chi connectivity index (χ4v) is 2.13. The topological polar surface area (TPSA) is 244 Å². The Morgan fingerprint density at radius 3 is 1.33 bits per heavy atom. The summed E-state index contributed by atoms with van der Waals surface area (Å²) in [6, 6.07) is 13.5. The molecule has 0 aliphatic rings.